The zero-order valence-corrected chi connectivity index (χ0v) is 17.4. The summed E-state index contributed by atoms with van der Waals surface area (Å²) in [4.78, 5) is 14.3. The van der Waals surface area contributed by atoms with Gasteiger partial charge in [0.05, 0.1) is 0 Å². The van der Waals surface area contributed by atoms with Crippen LogP contribution in [-0.4, -0.2) is 75.4 Å². The molecule has 1 atom stereocenters. The number of carbonyl (C=O) groups is 1. The SMILES string of the molecule is CC(=O)NCCc1ccc(S(=O)(=O)N2CCC(N3CCNCC3)C2)s1.Cl. The molecule has 1 aromatic rings. The summed E-state index contributed by atoms with van der Waals surface area (Å²) in [6.45, 7) is 7.13. The molecule has 1 aromatic heterocycles. The number of halogens is 1. The van der Waals surface area contributed by atoms with Crippen molar-refractivity contribution in [2.75, 3.05) is 45.8 Å². The maximum absolute atomic E-state index is 12.9. The summed E-state index contributed by atoms with van der Waals surface area (Å²) in [6.07, 6.45) is 1.56. The molecule has 26 heavy (non-hydrogen) atoms. The van der Waals surface area contributed by atoms with E-state index in [1.165, 1.54) is 18.3 Å². The van der Waals surface area contributed by atoms with Crippen LogP contribution >= 0.6 is 23.7 Å². The molecule has 2 aliphatic heterocycles. The third-order valence-corrected chi connectivity index (χ3v) is 8.25. The van der Waals surface area contributed by atoms with Gasteiger partial charge in [-0.2, -0.15) is 4.31 Å². The van der Waals surface area contributed by atoms with Crippen LogP contribution in [0.2, 0.25) is 0 Å². The molecule has 2 aliphatic rings. The van der Waals surface area contributed by atoms with E-state index in [2.05, 4.69) is 15.5 Å². The fraction of sp³-hybridized carbons (Fsp3) is 0.688. The Morgan fingerprint density at radius 3 is 2.73 bits per heavy atom. The lowest BCUT2D eigenvalue weighted by atomic mass is 10.2. The zero-order chi connectivity index (χ0) is 17.9. The van der Waals surface area contributed by atoms with Crippen LogP contribution in [0.25, 0.3) is 0 Å². The number of hydrogen-bond acceptors (Lipinski definition) is 6. The van der Waals surface area contributed by atoms with Gasteiger partial charge in [0.25, 0.3) is 10.0 Å². The Morgan fingerprint density at radius 2 is 2.04 bits per heavy atom. The summed E-state index contributed by atoms with van der Waals surface area (Å²) in [7, 11) is -3.41. The first-order chi connectivity index (χ1) is 12.0. The van der Waals surface area contributed by atoms with Gasteiger partial charge in [0.2, 0.25) is 5.91 Å². The Morgan fingerprint density at radius 1 is 1.31 bits per heavy atom. The van der Waals surface area contributed by atoms with Crippen molar-refractivity contribution >= 4 is 39.7 Å². The van der Waals surface area contributed by atoms with Crippen LogP contribution < -0.4 is 10.6 Å². The highest BCUT2D eigenvalue weighted by Gasteiger charge is 2.36. The average Bonchev–Trinajstić information content (AvgIpc) is 3.25. The van der Waals surface area contributed by atoms with Crippen LogP contribution in [0.1, 0.15) is 18.2 Å². The summed E-state index contributed by atoms with van der Waals surface area (Å²) in [5, 5.41) is 6.07. The van der Waals surface area contributed by atoms with Crippen LogP contribution in [0.3, 0.4) is 0 Å². The van der Waals surface area contributed by atoms with Crippen molar-refractivity contribution in [3.63, 3.8) is 0 Å². The Balaban J connectivity index is 0.00000243. The van der Waals surface area contributed by atoms with E-state index in [0.717, 1.165) is 37.5 Å². The van der Waals surface area contributed by atoms with E-state index in [1.807, 2.05) is 6.07 Å². The van der Waals surface area contributed by atoms with Crippen molar-refractivity contribution in [1.29, 1.82) is 0 Å². The van der Waals surface area contributed by atoms with Gasteiger partial charge >= 0.3 is 0 Å². The maximum Gasteiger partial charge on any atom is 0.252 e. The summed E-state index contributed by atoms with van der Waals surface area (Å²) in [5.41, 5.74) is 0. The van der Waals surface area contributed by atoms with Gasteiger partial charge in [-0.15, -0.1) is 23.7 Å². The lowest BCUT2D eigenvalue weighted by molar-refractivity contribution is -0.118. The van der Waals surface area contributed by atoms with Crippen molar-refractivity contribution in [2.45, 2.75) is 30.0 Å². The maximum atomic E-state index is 12.9. The molecule has 1 unspecified atom stereocenters. The molecule has 0 radical (unpaired) electrons. The fourth-order valence-corrected chi connectivity index (χ4v) is 6.40. The summed E-state index contributed by atoms with van der Waals surface area (Å²) >= 11 is 1.31. The predicted molar refractivity (Wildman–Crippen MR) is 106 cm³/mol. The molecule has 2 N–H and O–H groups in total. The Labute approximate surface area is 165 Å². The second kappa shape index (κ2) is 9.48. The monoisotopic (exact) mass is 422 g/mol. The van der Waals surface area contributed by atoms with Gasteiger partial charge in [0.15, 0.2) is 0 Å². The molecule has 10 heteroatoms. The molecule has 0 spiro atoms. The van der Waals surface area contributed by atoms with E-state index in [4.69, 9.17) is 0 Å². The van der Waals surface area contributed by atoms with Gasteiger partial charge in [0.1, 0.15) is 4.21 Å². The first-order valence-electron chi connectivity index (χ1n) is 8.75. The molecule has 3 rings (SSSR count). The fourth-order valence-electron chi connectivity index (χ4n) is 3.39. The van der Waals surface area contributed by atoms with Gasteiger partial charge < -0.3 is 10.6 Å². The zero-order valence-electron chi connectivity index (χ0n) is 14.9. The highest BCUT2D eigenvalue weighted by atomic mass is 35.5. The number of sulfonamides is 1. The van der Waals surface area contributed by atoms with E-state index >= 15 is 0 Å². The second-order valence-corrected chi connectivity index (χ2v) is 9.88. The van der Waals surface area contributed by atoms with Crippen LogP contribution in [0, 0.1) is 0 Å². The summed E-state index contributed by atoms with van der Waals surface area (Å²) in [5.74, 6) is -0.0691. The lowest BCUT2D eigenvalue weighted by Crippen LogP contribution is -2.49. The number of amides is 1. The molecular formula is C16H27ClN4O3S2. The Bertz CT molecular complexity index is 704. The van der Waals surface area contributed by atoms with Crippen molar-refractivity contribution in [1.82, 2.24) is 19.8 Å². The Hall–Kier alpha value is -0.710. The minimum atomic E-state index is -3.41. The minimum Gasteiger partial charge on any atom is -0.356 e. The highest BCUT2D eigenvalue weighted by molar-refractivity contribution is 7.91. The number of hydrogen-bond donors (Lipinski definition) is 2. The van der Waals surface area contributed by atoms with Crippen molar-refractivity contribution < 1.29 is 13.2 Å². The Kier molecular flexibility index (Phi) is 7.87. The lowest BCUT2D eigenvalue weighted by Gasteiger charge is -2.32. The smallest absolute Gasteiger partial charge is 0.252 e. The summed E-state index contributed by atoms with van der Waals surface area (Å²) < 4.78 is 27.8. The van der Waals surface area contributed by atoms with E-state index < -0.39 is 10.0 Å². The van der Waals surface area contributed by atoms with Crippen LogP contribution in [0.15, 0.2) is 16.3 Å². The molecule has 7 nitrogen and oxygen atoms in total. The molecule has 2 fully saturated rings. The van der Waals surface area contributed by atoms with Crippen molar-refractivity contribution in [3.8, 4) is 0 Å². The highest BCUT2D eigenvalue weighted by Crippen LogP contribution is 2.28. The summed E-state index contributed by atoms with van der Waals surface area (Å²) in [6, 6.07) is 3.88. The number of rotatable bonds is 6. The molecule has 0 saturated carbocycles. The first kappa shape index (κ1) is 21.6. The van der Waals surface area contributed by atoms with Gasteiger partial charge in [-0.25, -0.2) is 8.42 Å². The van der Waals surface area contributed by atoms with Gasteiger partial charge in [0, 0.05) is 63.7 Å². The molecule has 2 saturated heterocycles. The average molecular weight is 423 g/mol. The van der Waals surface area contributed by atoms with E-state index in [9.17, 15) is 13.2 Å². The van der Waals surface area contributed by atoms with Crippen LogP contribution in [-0.2, 0) is 21.2 Å². The van der Waals surface area contributed by atoms with E-state index in [0.29, 0.717) is 36.3 Å². The third kappa shape index (κ3) is 5.17. The van der Waals surface area contributed by atoms with Gasteiger partial charge in [-0.3, -0.25) is 9.69 Å². The molecule has 148 valence electrons. The first-order valence-corrected chi connectivity index (χ1v) is 11.0. The number of piperazine rings is 1. The van der Waals surface area contributed by atoms with E-state index in [-0.39, 0.29) is 18.3 Å². The molecule has 0 aliphatic carbocycles. The topological polar surface area (TPSA) is 81.8 Å². The third-order valence-electron chi connectivity index (χ3n) is 4.77. The number of thiophene rings is 1. The minimum absolute atomic E-state index is 0. The standard InChI is InChI=1S/C16H26N4O3S2.ClH/c1-13(21)18-6-4-15-2-3-16(24-15)25(22,23)20-9-5-14(12-20)19-10-7-17-8-11-19;/h2-3,14,17H,4-12H2,1H3,(H,18,21);1H. The van der Waals surface area contributed by atoms with Crippen LogP contribution in [0.5, 0.6) is 0 Å². The predicted octanol–water partition coefficient (Wildman–Crippen LogP) is 0.517. The van der Waals surface area contributed by atoms with Gasteiger partial charge in [-0.1, -0.05) is 0 Å². The second-order valence-electron chi connectivity index (χ2n) is 6.55. The van der Waals surface area contributed by atoms with E-state index in [1.54, 1.807) is 10.4 Å². The van der Waals surface area contributed by atoms with Crippen molar-refractivity contribution in [3.05, 3.63) is 17.0 Å². The molecule has 0 bridgehead atoms. The largest absolute Gasteiger partial charge is 0.356 e. The number of nitrogens with one attached hydrogen (secondary N) is 2. The van der Waals surface area contributed by atoms with Crippen LogP contribution in [0.4, 0.5) is 0 Å². The molecule has 1 amide bonds. The molecular weight excluding hydrogens is 396 g/mol. The number of nitrogens with zero attached hydrogens (tertiary/aromatic N) is 2. The number of carbonyl (C=O) groups excluding carboxylic acids is 1. The quantitative estimate of drug-likeness (QED) is 0.698. The van der Waals surface area contributed by atoms with Crippen molar-refractivity contribution in [2.24, 2.45) is 0 Å². The molecule has 0 aromatic carbocycles. The normalized spacial score (nSPS) is 22.1. The molecule has 3 heterocycles. The van der Waals surface area contributed by atoms with Gasteiger partial charge in [-0.05, 0) is 25.0 Å².